The van der Waals surface area contributed by atoms with Gasteiger partial charge in [-0.2, -0.15) is 0 Å². The molecule has 2 saturated heterocycles. The van der Waals surface area contributed by atoms with Gasteiger partial charge in [0.25, 0.3) is 11.8 Å². The number of thiophene rings is 1. The molecule has 2 aliphatic heterocycles. The maximum Gasteiger partial charge on any atom is 0.414 e. The number of halogens is 2. The number of rotatable bonds is 11. The average molecular weight is 581 g/mol. The Hall–Kier alpha value is -3.06. The molecule has 13 heteroatoms. The number of hydrogen-bond acceptors (Lipinski definition) is 8. The standard InChI is InChI=1S/C26H30ClFN4O6S/c1-29-10-4-2-3-5-23(33)32(25(35)21-8-9-22(27)39-21)15-18-14-31(26(36)38-18)20-7-6-17(13-19(20)28)30-11-12-37-16-24(30)34/h6-9,13,18,29H,2-5,10-12,14-16H2,1H3/t18-/m1/s1. The molecule has 1 N–H and O–H groups in total. The van der Waals surface area contributed by atoms with Gasteiger partial charge in [-0.25, -0.2) is 9.18 Å². The number of carbonyl (C=O) groups excluding carboxylic acids is 4. The molecule has 39 heavy (non-hydrogen) atoms. The van der Waals surface area contributed by atoms with E-state index in [9.17, 15) is 19.2 Å². The van der Waals surface area contributed by atoms with Crippen LogP contribution in [-0.2, 0) is 19.1 Å². The molecule has 1 atom stereocenters. The van der Waals surface area contributed by atoms with Crippen LogP contribution in [0.3, 0.4) is 0 Å². The number of benzene rings is 1. The Labute approximate surface area is 234 Å². The van der Waals surface area contributed by atoms with Gasteiger partial charge in [0.15, 0.2) is 0 Å². The van der Waals surface area contributed by atoms with E-state index in [0.717, 1.165) is 40.5 Å². The van der Waals surface area contributed by atoms with Crippen LogP contribution in [0.5, 0.6) is 0 Å². The molecule has 4 amide bonds. The van der Waals surface area contributed by atoms with Crippen LogP contribution in [0, 0.1) is 5.82 Å². The quantitative estimate of drug-likeness (QED) is 0.404. The number of nitrogens with one attached hydrogen (secondary N) is 1. The number of nitrogens with zero attached hydrogens (tertiary/aromatic N) is 3. The number of unbranched alkanes of at least 4 members (excludes halogenated alkanes) is 2. The van der Waals surface area contributed by atoms with Crippen LogP contribution in [0.15, 0.2) is 30.3 Å². The number of cyclic esters (lactones) is 1. The zero-order valence-electron chi connectivity index (χ0n) is 21.5. The van der Waals surface area contributed by atoms with Gasteiger partial charge < -0.3 is 19.7 Å². The minimum absolute atomic E-state index is 0.0225. The Bertz CT molecular complexity index is 1230. The molecule has 0 bridgehead atoms. The maximum absolute atomic E-state index is 15.1. The Morgan fingerprint density at radius 2 is 2.00 bits per heavy atom. The first-order chi connectivity index (χ1) is 18.8. The van der Waals surface area contributed by atoms with Gasteiger partial charge in [0.05, 0.1) is 34.6 Å². The summed E-state index contributed by atoms with van der Waals surface area (Å²) in [7, 11) is 1.86. The number of anilines is 2. The van der Waals surface area contributed by atoms with Crippen LogP contribution >= 0.6 is 22.9 Å². The van der Waals surface area contributed by atoms with Crippen LogP contribution < -0.4 is 15.1 Å². The minimum atomic E-state index is -0.856. The van der Waals surface area contributed by atoms with Gasteiger partial charge in [0.2, 0.25) is 5.91 Å². The Morgan fingerprint density at radius 1 is 1.18 bits per heavy atom. The van der Waals surface area contributed by atoms with E-state index < -0.39 is 23.9 Å². The van der Waals surface area contributed by atoms with E-state index in [1.807, 2.05) is 7.05 Å². The Kier molecular flexibility index (Phi) is 9.89. The lowest BCUT2D eigenvalue weighted by molar-refractivity contribution is -0.129. The molecule has 10 nitrogen and oxygen atoms in total. The third-order valence-electron chi connectivity index (χ3n) is 6.43. The number of amides is 4. The van der Waals surface area contributed by atoms with Gasteiger partial charge in [0.1, 0.15) is 18.5 Å². The van der Waals surface area contributed by atoms with Gasteiger partial charge in [-0.15, -0.1) is 11.3 Å². The SMILES string of the molecule is CNCCCCCC(=O)N(C[C@H]1CN(c2ccc(N3CCOCC3=O)cc2F)C(=O)O1)C(=O)c1ccc(Cl)s1. The topological polar surface area (TPSA) is 108 Å². The van der Waals surface area contributed by atoms with Crippen LogP contribution in [0.2, 0.25) is 4.34 Å². The van der Waals surface area contributed by atoms with Gasteiger partial charge in [-0.1, -0.05) is 18.0 Å². The second-order valence-electron chi connectivity index (χ2n) is 9.18. The van der Waals surface area contributed by atoms with Crippen molar-refractivity contribution in [3.05, 3.63) is 45.4 Å². The average Bonchev–Trinajstić information content (AvgIpc) is 3.51. The zero-order chi connectivity index (χ0) is 27.9. The molecule has 1 aromatic carbocycles. The van der Waals surface area contributed by atoms with Crippen molar-refractivity contribution in [3.8, 4) is 0 Å². The Balaban J connectivity index is 1.45. The molecular formula is C26H30ClFN4O6S. The summed E-state index contributed by atoms with van der Waals surface area (Å²) in [5.74, 6) is -1.89. The van der Waals surface area contributed by atoms with Crippen molar-refractivity contribution in [1.82, 2.24) is 10.2 Å². The summed E-state index contributed by atoms with van der Waals surface area (Å²) in [5, 5.41) is 3.05. The lowest BCUT2D eigenvalue weighted by Crippen LogP contribution is -2.43. The lowest BCUT2D eigenvalue weighted by Gasteiger charge is -2.27. The molecule has 2 aromatic rings. The summed E-state index contributed by atoms with van der Waals surface area (Å²) >= 11 is 7.06. The van der Waals surface area contributed by atoms with E-state index in [2.05, 4.69) is 5.32 Å². The highest BCUT2D eigenvalue weighted by atomic mass is 35.5. The van der Waals surface area contributed by atoms with Crippen molar-refractivity contribution in [3.63, 3.8) is 0 Å². The smallest absolute Gasteiger partial charge is 0.414 e. The summed E-state index contributed by atoms with van der Waals surface area (Å²) in [6.45, 7) is 1.17. The van der Waals surface area contributed by atoms with E-state index in [-0.39, 0.29) is 43.6 Å². The summed E-state index contributed by atoms with van der Waals surface area (Å²) in [6, 6.07) is 7.27. The highest BCUT2D eigenvalue weighted by molar-refractivity contribution is 7.18. The van der Waals surface area contributed by atoms with E-state index in [0.29, 0.717) is 34.5 Å². The van der Waals surface area contributed by atoms with Crippen molar-refractivity contribution >= 4 is 58.1 Å². The predicted molar refractivity (Wildman–Crippen MR) is 145 cm³/mol. The fourth-order valence-corrected chi connectivity index (χ4v) is 5.43. The van der Waals surface area contributed by atoms with Crippen molar-refractivity contribution in [1.29, 1.82) is 0 Å². The number of imide groups is 1. The third-order valence-corrected chi connectivity index (χ3v) is 7.65. The highest BCUT2D eigenvalue weighted by Crippen LogP contribution is 2.30. The normalized spacial score (nSPS) is 17.5. The highest BCUT2D eigenvalue weighted by Gasteiger charge is 2.37. The molecule has 210 valence electrons. The van der Waals surface area contributed by atoms with Crippen molar-refractivity contribution in [2.75, 3.05) is 56.2 Å². The molecule has 4 rings (SSSR count). The van der Waals surface area contributed by atoms with Gasteiger partial charge >= 0.3 is 6.09 Å². The summed E-state index contributed by atoms with van der Waals surface area (Å²) in [4.78, 5) is 55.0. The van der Waals surface area contributed by atoms with Crippen LogP contribution in [0.25, 0.3) is 0 Å². The number of ether oxygens (including phenoxy) is 2. The summed E-state index contributed by atoms with van der Waals surface area (Å²) < 4.78 is 26.1. The molecule has 0 radical (unpaired) electrons. The minimum Gasteiger partial charge on any atom is -0.442 e. The largest absolute Gasteiger partial charge is 0.442 e. The second-order valence-corrected chi connectivity index (χ2v) is 10.9. The van der Waals surface area contributed by atoms with Crippen molar-refractivity contribution in [2.24, 2.45) is 0 Å². The second kappa shape index (κ2) is 13.3. The van der Waals surface area contributed by atoms with Crippen LogP contribution in [0.1, 0.15) is 35.4 Å². The fraction of sp³-hybridized carbons (Fsp3) is 0.462. The maximum atomic E-state index is 15.1. The molecule has 1 aromatic heterocycles. The van der Waals surface area contributed by atoms with E-state index in [1.165, 1.54) is 17.0 Å². The van der Waals surface area contributed by atoms with Gasteiger partial charge in [-0.05, 0) is 56.8 Å². The Morgan fingerprint density at radius 3 is 2.69 bits per heavy atom. The number of morpholine rings is 1. The first-order valence-electron chi connectivity index (χ1n) is 12.7. The molecule has 2 fully saturated rings. The van der Waals surface area contributed by atoms with Crippen LogP contribution in [0.4, 0.5) is 20.6 Å². The van der Waals surface area contributed by atoms with Crippen molar-refractivity contribution < 1.29 is 33.0 Å². The first kappa shape index (κ1) is 28.9. The first-order valence-corrected chi connectivity index (χ1v) is 13.9. The number of hydrogen-bond donors (Lipinski definition) is 1. The van der Waals surface area contributed by atoms with Crippen LogP contribution in [-0.4, -0.2) is 81.3 Å². The number of carbonyl (C=O) groups is 4. The lowest BCUT2D eigenvalue weighted by atomic mass is 10.1. The van der Waals surface area contributed by atoms with Gasteiger partial charge in [-0.3, -0.25) is 24.2 Å². The van der Waals surface area contributed by atoms with E-state index in [4.69, 9.17) is 21.1 Å². The third kappa shape index (κ3) is 7.13. The monoisotopic (exact) mass is 580 g/mol. The van der Waals surface area contributed by atoms with E-state index >= 15 is 4.39 Å². The molecule has 2 aliphatic rings. The van der Waals surface area contributed by atoms with Gasteiger partial charge in [0, 0.05) is 18.7 Å². The fourth-order valence-electron chi connectivity index (χ4n) is 4.44. The molecule has 0 aliphatic carbocycles. The molecule has 0 unspecified atom stereocenters. The van der Waals surface area contributed by atoms with Crippen molar-refractivity contribution in [2.45, 2.75) is 31.8 Å². The summed E-state index contributed by atoms with van der Waals surface area (Å²) in [5.41, 5.74) is 0.339. The predicted octanol–water partition coefficient (Wildman–Crippen LogP) is 3.68. The van der Waals surface area contributed by atoms with E-state index in [1.54, 1.807) is 18.2 Å². The summed E-state index contributed by atoms with van der Waals surface area (Å²) in [6.07, 6.45) is 0.837. The molecule has 0 saturated carbocycles. The molecule has 0 spiro atoms. The zero-order valence-corrected chi connectivity index (χ0v) is 23.1. The molecular weight excluding hydrogens is 551 g/mol. The molecule has 3 heterocycles.